The van der Waals surface area contributed by atoms with Gasteiger partial charge in [0.25, 0.3) is 0 Å². The second-order valence-electron chi connectivity index (χ2n) is 9.91. The predicted octanol–water partition coefficient (Wildman–Crippen LogP) is 4.00. The third-order valence-corrected chi connectivity index (χ3v) is 7.67. The molecule has 1 saturated carbocycles. The van der Waals surface area contributed by atoms with Crippen molar-refractivity contribution in [1.82, 2.24) is 14.5 Å². The molecule has 188 valence electrons. The third kappa shape index (κ3) is 4.43. The number of hydrogen-bond donors (Lipinski definition) is 2. The molecule has 0 bridgehead atoms. The number of aliphatic hydroxyl groups is 1. The summed E-state index contributed by atoms with van der Waals surface area (Å²) in [6.45, 7) is 4.01. The first-order valence-electron chi connectivity index (χ1n) is 12.5. The van der Waals surface area contributed by atoms with Crippen LogP contribution in [0.5, 0.6) is 0 Å². The Morgan fingerprint density at radius 1 is 1.20 bits per heavy atom. The summed E-state index contributed by atoms with van der Waals surface area (Å²) in [6.07, 6.45) is 6.74. The van der Waals surface area contributed by atoms with Gasteiger partial charge < -0.3 is 28.8 Å². The number of aliphatic hydroxyl groups excluding tert-OH is 1. The van der Waals surface area contributed by atoms with Gasteiger partial charge in [-0.25, -0.2) is 9.97 Å². The maximum absolute atomic E-state index is 11.5. The van der Waals surface area contributed by atoms with E-state index in [1.165, 1.54) is 7.11 Å². The van der Waals surface area contributed by atoms with Gasteiger partial charge in [-0.15, -0.1) is 0 Å². The van der Waals surface area contributed by atoms with Crippen LogP contribution >= 0.6 is 0 Å². The Morgan fingerprint density at radius 2 is 1.97 bits per heavy atom. The van der Waals surface area contributed by atoms with Gasteiger partial charge in [0, 0.05) is 43.3 Å². The van der Waals surface area contributed by atoms with E-state index < -0.39 is 12.4 Å². The molecule has 2 atom stereocenters. The number of carboxylic acid groups (broad SMARTS) is 1. The van der Waals surface area contributed by atoms with E-state index in [1.807, 2.05) is 11.8 Å². The van der Waals surface area contributed by atoms with Crippen molar-refractivity contribution < 1.29 is 24.2 Å². The molecule has 1 aliphatic carbocycles. The average molecular weight is 483 g/mol. The summed E-state index contributed by atoms with van der Waals surface area (Å²) in [4.78, 5) is 23.0. The molecule has 2 aromatic heterocycles. The molecule has 1 aliphatic heterocycles. The van der Waals surface area contributed by atoms with Crippen molar-refractivity contribution >= 4 is 22.7 Å². The van der Waals surface area contributed by atoms with Gasteiger partial charge in [0.2, 0.25) is 6.41 Å². The number of imidazole rings is 1. The first-order valence-corrected chi connectivity index (χ1v) is 12.5. The average Bonchev–Trinajstić information content (AvgIpc) is 3.45. The van der Waals surface area contributed by atoms with Gasteiger partial charge in [-0.3, -0.25) is 4.79 Å². The number of nitrogens with zero attached hydrogens (tertiary/aromatic N) is 4. The van der Waals surface area contributed by atoms with Crippen molar-refractivity contribution in [3.63, 3.8) is 0 Å². The molecule has 5 rings (SSSR count). The second-order valence-corrected chi connectivity index (χ2v) is 9.91. The minimum atomic E-state index is -1.01. The number of oxazole rings is 1. The number of aliphatic carboxylic acids is 1. The van der Waals surface area contributed by atoms with Crippen molar-refractivity contribution in [2.24, 2.45) is 5.92 Å². The van der Waals surface area contributed by atoms with Crippen molar-refractivity contribution in [3.8, 4) is 0 Å². The monoisotopic (exact) mass is 482 g/mol. The fourth-order valence-corrected chi connectivity index (χ4v) is 5.82. The number of fused-ring (bicyclic) bond motifs is 3. The number of aryl methyl sites for hydroxylation is 4. The zero-order valence-electron chi connectivity index (χ0n) is 20.6. The van der Waals surface area contributed by atoms with Crippen LogP contribution in [0.3, 0.4) is 0 Å². The highest BCUT2D eigenvalue weighted by atomic mass is 16.6. The minimum absolute atomic E-state index is 0.149. The molecular formula is C26H34N4O5. The Kier molecular flexibility index (Phi) is 6.55. The summed E-state index contributed by atoms with van der Waals surface area (Å²) < 4.78 is 13.2. The molecule has 0 radical (unpaired) electrons. The van der Waals surface area contributed by atoms with Crippen LogP contribution in [0.1, 0.15) is 68.0 Å². The molecule has 3 heterocycles. The number of aromatic nitrogens is 3. The van der Waals surface area contributed by atoms with E-state index in [1.54, 1.807) is 6.26 Å². The fourth-order valence-electron chi connectivity index (χ4n) is 5.82. The lowest BCUT2D eigenvalue weighted by atomic mass is 9.85. The van der Waals surface area contributed by atoms with E-state index >= 15 is 0 Å². The maximum atomic E-state index is 11.5. The molecule has 2 aliphatic rings. The van der Waals surface area contributed by atoms with E-state index in [4.69, 9.17) is 14.1 Å². The Bertz CT molecular complexity index is 1210. The Hall–Kier alpha value is -2.91. The van der Waals surface area contributed by atoms with Gasteiger partial charge in [0.1, 0.15) is 12.1 Å². The number of benzene rings is 1. The van der Waals surface area contributed by atoms with Crippen LogP contribution in [0.4, 0.5) is 5.69 Å². The van der Waals surface area contributed by atoms with Crippen molar-refractivity contribution in [2.75, 3.05) is 12.0 Å². The molecule has 0 spiro atoms. The number of anilines is 1. The van der Waals surface area contributed by atoms with Crippen molar-refractivity contribution in [1.29, 1.82) is 0 Å². The zero-order chi connectivity index (χ0) is 24.7. The molecule has 3 aromatic rings. The molecule has 1 fully saturated rings. The Balaban J connectivity index is 1.55. The van der Waals surface area contributed by atoms with E-state index in [2.05, 4.69) is 28.6 Å². The summed E-state index contributed by atoms with van der Waals surface area (Å²) in [7, 11) is 1.51. The SMILES string of the molecule is COC(O)N1c2ccc3c(nc(CCc4nc(C)co4)n3[C@H]3CC[C@H](C(=O)O)CC3)c2CC[C@@H]1C. The Morgan fingerprint density at radius 3 is 2.63 bits per heavy atom. The van der Waals surface area contributed by atoms with Crippen molar-refractivity contribution in [2.45, 2.75) is 83.7 Å². The summed E-state index contributed by atoms with van der Waals surface area (Å²) >= 11 is 0. The number of hydrogen-bond acceptors (Lipinski definition) is 7. The Labute approximate surface area is 204 Å². The first kappa shape index (κ1) is 23.8. The quantitative estimate of drug-likeness (QED) is 0.486. The fraction of sp³-hybridized carbons (Fsp3) is 0.577. The van der Waals surface area contributed by atoms with Crippen LogP contribution in [0.15, 0.2) is 22.8 Å². The lowest BCUT2D eigenvalue weighted by Gasteiger charge is -2.39. The number of carboxylic acids is 1. The number of ether oxygens (including phenoxy) is 1. The van der Waals surface area contributed by atoms with Crippen LogP contribution < -0.4 is 4.90 Å². The number of carbonyl (C=O) groups is 1. The smallest absolute Gasteiger partial charge is 0.306 e. The summed E-state index contributed by atoms with van der Waals surface area (Å²) in [5.41, 5.74) is 4.98. The van der Waals surface area contributed by atoms with E-state index in [0.717, 1.165) is 59.5 Å². The van der Waals surface area contributed by atoms with Gasteiger partial charge in [-0.1, -0.05) is 0 Å². The maximum Gasteiger partial charge on any atom is 0.306 e. The molecule has 1 unspecified atom stereocenters. The first-order chi connectivity index (χ1) is 16.9. The van der Waals surface area contributed by atoms with Crippen LogP contribution in [0.2, 0.25) is 0 Å². The minimum Gasteiger partial charge on any atom is -0.481 e. The standard InChI is InChI=1S/C26H34N4O5/c1-15-14-35-23(27-15)13-12-22-28-24-19-9-4-16(2)29(26(33)34-3)20(19)10-11-21(24)30(22)18-7-5-17(6-8-18)25(31)32/h10-11,14,16-18,26,33H,4-9,12-13H2,1-3H3,(H,31,32)/t16-,17-,18-,26?/m0/s1. The molecule has 9 nitrogen and oxygen atoms in total. The van der Waals surface area contributed by atoms with Gasteiger partial charge in [-0.05, 0) is 64.5 Å². The topological polar surface area (TPSA) is 114 Å². The summed E-state index contributed by atoms with van der Waals surface area (Å²) in [5.74, 6) is 0.706. The van der Waals surface area contributed by atoms with Gasteiger partial charge in [0.05, 0.1) is 22.6 Å². The molecule has 1 aromatic carbocycles. The molecule has 0 amide bonds. The zero-order valence-corrected chi connectivity index (χ0v) is 20.6. The second kappa shape index (κ2) is 9.62. The highest BCUT2D eigenvalue weighted by molar-refractivity contribution is 5.86. The van der Waals surface area contributed by atoms with Crippen molar-refractivity contribution in [3.05, 3.63) is 41.4 Å². The highest BCUT2D eigenvalue weighted by Crippen LogP contribution is 2.40. The molecule has 2 N–H and O–H groups in total. The third-order valence-electron chi connectivity index (χ3n) is 7.67. The summed E-state index contributed by atoms with van der Waals surface area (Å²) in [5, 5.41) is 20.0. The molecule has 9 heteroatoms. The van der Waals surface area contributed by atoms with Gasteiger partial charge in [-0.2, -0.15) is 0 Å². The molecule has 0 saturated heterocycles. The normalized spacial score (nSPS) is 23.4. The van der Waals surface area contributed by atoms with Crippen LogP contribution in [0, 0.1) is 12.8 Å². The van der Waals surface area contributed by atoms with E-state index in [-0.39, 0.29) is 18.0 Å². The van der Waals surface area contributed by atoms with Crippen LogP contribution in [0.25, 0.3) is 11.0 Å². The van der Waals surface area contributed by atoms with E-state index in [0.29, 0.717) is 31.6 Å². The lowest BCUT2D eigenvalue weighted by molar-refractivity contribution is -0.143. The predicted molar refractivity (Wildman–Crippen MR) is 130 cm³/mol. The van der Waals surface area contributed by atoms with Gasteiger partial charge >= 0.3 is 5.97 Å². The van der Waals surface area contributed by atoms with Gasteiger partial charge in [0.15, 0.2) is 5.89 Å². The lowest BCUT2D eigenvalue weighted by Crippen LogP contribution is -2.45. The summed E-state index contributed by atoms with van der Waals surface area (Å²) in [6, 6.07) is 4.52. The van der Waals surface area contributed by atoms with Crippen LogP contribution in [-0.2, 0) is 28.8 Å². The number of methoxy groups -OCH3 is 1. The molecular weight excluding hydrogens is 448 g/mol. The van der Waals surface area contributed by atoms with Crippen LogP contribution in [-0.4, -0.2) is 50.3 Å². The molecule has 35 heavy (non-hydrogen) atoms. The highest BCUT2D eigenvalue weighted by Gasteiger charge is 2.33. The number of rotatable bonds is 7. The largest absolute Gasteiger partial charge is 0.481 e. The van der Waals surface area contributed by atoms with E-state index in [9.17, 15) is 15.0 Å².